The molecule has 0 atom stereocenters. The Kier molecular flexibility index (Phi) is 4.65. The Morgan fingerprint density at radius 2 is 1.92 bits per heavy atom. The third-order valence-corrected chi connectivity index (χ3v) is 5.12. The predicted molar refractivity (Wildman–Crippen MR) is 96.1 cm³/mol. The highest BCUT2D eigenvalue weighted by Crippen LogP contribution is 2.29. The smallest absolute Gasteiger partial charge is 0.261 e. The number of hydrogen-bond donors (Lipinski definition) is 2. The Bertz CT molecular complexity index is 1110. The van der Waals surface area contributed by atoms with Gasteiger partial charge >= 0.3 is 0 Å². The molecule has 1 aromatic heterocycles. The molecule has 0 bridgehead atoms. The predicted octanol–water partition coefficient (Wildman–Crippen LogP) is 2.80. The average Bonchev–Trinajstić information content (AvgIpc) is 2.95. The minimum Gasteiger partial charge on any atom is -0.461 e. The molecule has 0 saturated carbocycles. The fraction of sp³-hybridized carbons (Fsp3) is 0.111. The summed E-state index contributed by atoms with van der Waals surface area (Å²) >= 11 is 0. The fourth-order valence-corrected chi connectivity index (χ4v) is 3.66. The Morgan fingerprint density at radius 1 is 1.19 bits per heavy atom. The third-order valence-electron chi connectivity index (χ3n) is 3.72. The van der Waals surface area contributed by atoms with E-state index in [-0.39, 0.29) is 17.0 Å². The second kappa shape index (κ2) is 6.90. The van der Waals surface area contributed by atoms with Crippen molar-refractivity contribution in [3.05, 3.63) is 59.9 Å². The van der Waals surface area contributed by atoms with Crippen molar-refractivity contribution in [3.8, 4) is 6.07 Å². The summed E-state index contributed by atoms with van der Waals surface area (Å²) < 4.78 is 32.9. The highest BCUT2D eigenvalue weighted by Gasteiger charge is 2.20. The topological polar surface area (TPSA) is 112 Å². The molecule has 3 aromatic rings. The van der Waals surface area contributed by atoms with E-state index in [1.54, 1.807) is 37.3 Å². The summed E-state index contributed by atoms with van der Waals surface area (Å²) in [5.41, 5.74) is 1.03. The van der Waals surface area contributed by atoms with E-state index in [2.05, 4.69) is 10.0 Å². The molecule has 3 rings (SSSR count). The Hall–Kier alpha value is -3.31. The lowest BCUT2D eigenvalue weighted by Crippen LogP contribution is -2.23. The molecular formula is C18H15N3O4S. The number of benzene rings is 2. The lowest BCUT2D eigenvalue weighted by atomic mass is 10.1. The van der Waals surface area contributed by atoms with Gasteiger partial charge in [0.2, 0.25) is 0 Å². The van der Waals surface area contributed by atoms with E-state index in [0.29, 0.717) is 22.4 Å². The van der Waals surface area contributed by atoms with Gasteiger partial charge in [-0.1, -0.05) is 18.2 Å². The molecule has 1 heterocycles. The van der Waals surface area contributed by atoms with E-state index in [4.69, 9.17) is 9.68 Å². The molecule has 26 heavy (non-hydrogen) atoms. The van der Waals surface area contributed by atoms with Gasteiger partial charge in [-0.05, 0) is 37.3 Å². The maximum Gasteiger partial charge on any atom is 0.261 e. The first-order valence-corrected chi connectivity index (χ1v) is 9.17. The normalized spacial score (nSPS) is 11.1. The molecule has 0 unspecified atom stereocenters. The molecule has 0 aliphatic carbocycles. The summed E-state index contributed by atoms with van der Waals surface area (Å²) in [6.07, 6.45) is 0. The number of carbonyl (C=O) groups is 1. The van der Waals surface area contributed by atoms with Crippen molar-refractivity contribution < 1.29 is 17.6 Å². The summed E-state index contributed by atoms with van der Waals surface area (Å²) in [5, 5.41) is 11.5. The van der Waals surface area contributed by atoms with Crippen molar-refractivity contribution in [2.45, 2.75) is 11.8 Å². The van der Waals surface area contributed by atoms with Crippen LogP contribution in [0.15, 0.2) is 57.8 Å². The minimum absolute atomic E-state index is 0.134. The van der Waals surface area contributed by atoms with Gasteiger partial charge < -0.3 is 9.73 Å². The minimum atomic E-state index is -3.75. The van der Waals surface area contributed by atoms with Crippen molar-refractivity contribution in [2.24, 2.45) is 0 Å². The number of carbonyl (C=O) groups excluding carboxylic acids is 1. The van der Waals surface area contributed by atoms with Crippen LogP contribution in [-0.2, 0) is 10.0 Å². The van der Waals surface area contributed by atoms with Gasteiger partial charge in [0, 0.05) is 11.1 Å². The molecule has 0 aliphatic heterocycles. The van der Waals surface area contributed by atoms with Crippen LogP contribution in [0.25, 0.3) is 11.0 Å². The molecule has 0 aliphatic rings. The highest BCUT2D eigenvalue weighted by atomic mass is 32.2. The van der Waals surface area contributed by atoms with Gasteiger partial charge in [-0.3, -0.25) is 9.52 Å². The summed E-state index contributed by atoms with van der Waals surface area (Å²) in [5.74, 6) is -0.0654. The van der Waals surface area contributed by atoms with E-state index >= 15 is 0 Å². The zero-order valence-electron chi connectivity index (χ0n) is 13.8. The third kappa shape index (κ3) is 3.38. The first kappa shape index (κ1) is 17.5. The Balaban J connectivity index is 1.99. The van der Waals surface area contributed by atoms with Crippen LogP contribution < -0.4 is 10.0 Å². The van der Waals surface area contributed by atoms with Gasteiger partial charge in [-0.2, -0.15) is 5.26 Å². The maximum absolute atomic E-state index is 12.5. The van der Waals surface area contributed by atoms with Gasteiger partial charge in [-0.15, -0.1) is 0 Å². The van der Waals surface area contributed by atoms with Crippen LogP contribution in [0, 0.1) is 18.3 Å². The average molecular weight is 369 g/mol. The summed E-state index contributed by atoms with van der Waals surface area (Å²) in [7, 11) is -3.75. The number of sulfonamides is 1. The number of rotatable bonds is 5. The van der Waals surface area contributed by atoms with Crippen LogP contribution in [-0.4, -0.2) is 20.9 Å². The Morgan fingerprint density at radius 3 is 2.62 bits per heavy atom. The largest absolute Gasteiger partial charge is 0.461 e. The summed E-state index contributed by atoms with van der Waals surface area (Å²) in [6.45, 7) is 1.50. The number of aryl methyl sites for hydroxylation is 1. The van der Waals surface area contributed by atoms with Crippen LogP contribution >= 0.6 is 0 Å². The number of nitrogens with zero attached hydrogens (tertiary/aromatic N) is 1. The van der Waals surface area contributed by atoms with Crippen molar-refractivity contribution in [3.63, 3.8) is 0 Å². The van der Waals surface area contributed by atoms with Crippen LogP contribution in [0.2, 0.25) is 0 Å². The van der Waals surface area contributed by atoms with Gasteiger partial charge in [0.25, 0.3) is 15.9 Å². The number of amides is 1. The number of anilines is 1. The van der Waals surface area contributed by atoms with Gasteiger partial charge in [-0.25, -0.2) is 8.42 Å². The molecule has 1 amide bonds. The number of nitriles is 1. The van der Waals surface area contributed by atoms with Gasteiger partial charge in [0.15, 0.2) is 0 Å². The van der Waals surface area contributed by atoms with Crippen molar-refractivity contribution >= 4 is 32.6 Å². The number of furan rings is 1. The van der Waals surface area contributed by atoms with Crippen molar-refractivity contribution in [1.29, 1.82) is 5.26 Å². The molecule has 7 nitrogen and oxygen atoms in total. The molecule has 0 spiro atoms. The highest BCUT2D eigenvalue weighted by molar-refractivity contribution is 7.92. The molecule has 0 saturated heterocycles. The SMILES string of the molecule is Cc1oc2ccc(NS(=O)(=O)c3ccccc3)cc2c1C(=O)NCC#N. The van der Waals surface area contributed by atoms with Gasteiger partial charge in [0.05, 0.1) is 16.5 Å². The van der Waals surface area contributed by atoms with E-state index in [9.17, 15) is 13.2 Å². The zero-order chi connectivity index (χ0) is 18.7. The van der Waals surface area contributed by atoms with Crippen molar-refractivity contribution in [2.75, 3.05) is 11.3 Å². The molecule has 0 fully saturated rings. The van der Waals surface area contributed by atoms with E-state index < -0.39 is 15.9 Å². The van der Waals surface area contributed by atoms with Crippen LogP contribution in [0.4, 0.5) is 5.69 Å². The molecular weight excluding hydrogens is 354 g/mol. The zero-order valence-corrected chi connectivity index (χ0v) is 14.6. The van der Waals surface area contributed by atoms with Crippen LogP contribution in [0.1, 0.15) is 16.1 Å². The first-order valence-electron chi connectivity index (χ1n) is 7.68. The lowest BCUT2D eigenvalue weighted by Gasteiger charge is -2.08. The monoisotopic (exact) mass is 369 g/mol. The number of nitrogens with one attached hydrogen (secondary N) is 2. The summed E-state index contributed by atoms with van der Waals surface area (Å²) in [6, 6.07) is 14.5. The standard InChI is InChI=1S/C18H15N3O4S/c1-12-17(18(22)20-10-9-19)15-11-13(7-8-16(15)25-12)21-26(23,24)14-5-3-2-4-6-14/h2-8,11,21H,10H2,1H3,(H,20,22). The first-order chi connectivity index (χ1) is 12.4. The second-order valence-electron chi connectivity index (χ2n) is 5.50. The second-order valence-corrected chi connectivity index (χ2v) is 7.19. The van der Waals surface area contributed by atoms with E-state index in [1.165, 1.54) is 18.2 Å². The maximum atomic E-state index is 12.5. The summed E-state index contributed by atoms with van der Waals surface area (Å²) in [4.78, 5) is 12.4. The number of hydrogen-bond acceptors (Lipinski definition) is 5. The quantitative estimate of drug-likeness (QED) is 0.672. The lowest BCUT2D eigenvalue weighted by molar-refractivity contribution is 0.0958. The van der Waals surface area contributed by atoms with Crippen molar-refractivity contribution in [1.82, 2.24) is 5.32 Å². The number of fused-ring (bicyclic) bond motifs is 1. The molecule has 8 heteroatoms. The molecule has 2 N–H and O–H groups in total. The van der Waals surface area contributed by atoms with Crippen LogP contribution in [0.3, 0.4) is 0 Å². The Labute approximate surface area is 150 Å². The van der Waals surface area contributed by atoms with E-state index in [0.717, 1.165) is 0 Å². The van der Waals surface area contributed by atoms with Crippen LogP contribution in [0.5, 0.6) is 0 Å². The molecule has 132 valence electrons. The fourth-order valence-electron chi connectivity index (χ4n) is 2.59. The van der Waals surface area contributed by atoms with E-state index in [1.807, 2.05) is 6.07 Å². The van der Waals surface area contributed by atoms with Gasteiger partial charge in [0.1, 0.15) is 17.9 Å². The molecule has 2 aromatic carbocycles. The molecule has 0 radical (unpaired) electrons.